The molecule has 0 aromatic heterocycles. The molecular formula is C21H47N3Y2-4. The van der Waals surface area contributed by atoms with Gasteiger partial charge in [-0.2, -0.15) is 13.8 Å². The molecule has 2 radical (unpaired) electrons. The SMILES string of the molecule is CC=C(C)C.CN(C)C.CN=C(C)C.C[C-]=CC.C[C-]=NC.[CH3-].[CH3-].[Y].[Y]. The zero-order chi connectivity index (χ0) is 19.0. The van der Waals surface area contributed by atoms with Gasteiger partial charge in [-0.25, -0.2) is 0 Å². The van der Waals surface area contributed by atoms with Gasteiger partial charge in [0, 0.05) is 78.2 Å². The van der Waals surface area contributed by atoms with Crippen LogP contribution in [0, 0.1) is 20.9 Å². The Kier molecular flexibility index (Phi) is 138. The second-order valence-electron chi connectivity index (χ2n) is 4.90. The van der Waals surface area contributed by atoms with Crippen LogP contribution in [0.3, 0.4) is 0 Å². The minimum atomic E-state index is 0. The third kappa shape index (κ3) is 294. The molecule has 0 rings (SSSR count). The summed E-state index contributed by atoms with van der Waals surface area (Å²) in [7, 11) is 9.48. The molecule has 26 heavy (non-hydrogen) atoms. The van der Waals surface area contributed by atoms with E-state index < -0.39 is 0 Å². The van der Waals surface area contributed by atoms with Crippen LogP contribution in [0.4, 0.5) is 0 Å². The van der Waals surface area contributed by atoms with E-state index in [1.165, 1.54) is 5.57 Å². The van der Waals surface area contributed by atoms with Crippen molar-refractivity contribution in [2.24, 2.45) is 9.98 Å². The smallest absolute Gasteiger partial charge is 0.0276 e. The second-order valence-corrected chi connectivity index (χ2v) is 4.90. The summed E-state index contributed by atoms with van der Waals surface area (Å²) in [6.07, 6.45) is 9.32. The molecule has 0 amide bonds. The average molecular weight is 519 g/mol. The minimum Gasteiger partial charge on any atom is -0.506 e. The molecule has 3 nitrogen and oxygen atoms in total. The standard InChI is InChI=1S/C5H10.C4H9N.C4H7.C3H9N.C3H6N.2CH3.2Y/c1-4-5(2)3;1-4(2)5-3;1-3-4-2;1-4(2)3;1-3-4-2;;;;/h4H,1-3H3;1-3H3;3H,1-2H3;1-3H3;1-2H3;2*1H3;;/q;;-1;;3*-1;;. The molecule has 0 spiro atoms. The zero-order valence-electron chi connectivity index (χ0n) is 20.7. The van der Waals surface area contributed by atoms with Crippen LogP contribution in [0.1, 0.15) is 55.4 Å². The summed E-state index contributed by atoms with van der Waals surface area (Å²) < 4.78 is 0. The second kappa shape index (κ2) is 63.5. The largest absolute Gasteiger partial charge is 0.506 e. The van der Waals surface area contributed by atoms with Gasteiger partial charge in [0.25, 0.3) is 0 Å². The quantitative estimate of drug-likeness (QED) is 0.216. The van der Waals surface area contributed by atoms with E-state index in [4.69, 9.17) is 0 Å². The topological polar surface area (TPSA) is 28.0 Å². The summed E-state index contributed by atoms with van der Waals surface area (Å²) in [4.78, 5) is 9.29. The van der Waals surface area contributed by atoms with Gasteiger partial charge in [0.05, 0.1) is 0 Å². The molecule has 0 aromatic rings. The monoisotopic (exact) mass is 519 g/mol. The van der Waals surface area contributed by atoms with Crippen LogP contribution >= 0.6 is 0 Å². The van der Waals surface area contributed by atoms with Crippen LogP contribution in [0.5, 0.6) is 0 Å². The van der Waals surface area contributed by atoms with Crippen molar-refractivity contribution in [3.8, 4) is 0 Å². The van der Waals surface area contributed by atoms with Crippen LogP contribution in [-0.4, -0.2) is 52.1 Å². The van der Waals surface area contributed by atoms with Gasteiger partial charge in [0.15, 0.2) is 0 Å². The molecule has 5 heteroatoms. The molecule has 0 unspecified atom stereocenters. The number of aliphatic imine (C=N–C) groups is 2. The number of nitrogens with zero attached hydrogens (tertiary/aromatic N) is 3. The molecule has 0 aliphatic carbocycles. The van der Waals surface area contributed by atoms with Crippen LogP contribution in [-0.2, 0) is 65.4 Å². The Hall–Kier alpha value is 0.988. The first-order valence-electron chi connectivity index (χ1n) is 7.42. The van der Waals surface area contributed by atoms with E-state index in [1.807, 2.05) is 66.7 Å². The van der Waals surface area contributed by atoms with E-state index in [0.717, 1.165) is 5.71 Å². The molecular weight excluding hydrogens is 472 g/mol. The number of hydrogen-bond donors (Lipinski definition) is 0. The van der Waals surface area contributed by atoms with Gasteiger partial charge in [0.1, 0.15) is 0 Å². The molecule has 0 heterocycles. The molecule has 0 N–H and O–H groups in total. The summed E-state index contributed by atoms with van der Waals surface area (Å²) in [5.74, 6) is 0. The van der Waals surface area contributed by atoms with Crippen molar-refractivity contribution in [3.05, 3.63) is 38.7 Å². The van der Waals surface area contributed by atoms with Crippen molar-refractivity contribution >= 4 is 11.9 Å². The predicted octanol–water partition coefficient (Wildman–Crippen LogP) is 6.11. The van der Waals surface area contributed by atoms with Crippen LogP contribution < -0.4 is 0 Å². The third-order valence-electron chi connectivity index (χ3n) is 1.54. The number of rotatable bonds is 0. The fourth-order valence-electron chi connectivity index (χ4n) is 0. The fourth-order valence-corrected chi connectivity index (χ4v) is 0. The van der Waals surface area contributed by atoms with Crippen molar-refractivity contribution in [3.63, 3.8) is 0 Å². The van der Waals surface area contributed by atoms with Crippen molar-refractivity contribution in [2.75, 3.05) is 35.2 Å². The number of allylic oxidation sites excluding steroid dienone is 4. The molecule has 0 aromatic carbocycles. The zero-order valence-corrected chi connectivity index (χ0v) is 26.3. The Morgan fingerprint density at radius 3 is 1.00 bits per heavy atom. The van der Waals surface area contributed by atoms with Crippen molar-refractivity contribution in [2.45, 2.75) is 55.4 Å². The van der Waals surface area contributed by atoms with E-state index in [-0.39, 0.29) is 80.3 Å². The van der Waals surface area contributed by atoms with Gasteiger partial charge in [-0.3, -0.25) is 11.1 Å². The molecule has 156 valence electrons. The fraction of sp³-hybridized carbons (Fsp3) is 0.619. The predicted molar refractivity (Wildman–Crippen MR) is 120 cm³/mol. The first-order chi connectivity index (χ1) is 10.1. The van der Waals surface area contributed by atoms with Crippen LogP contribution in [0.2, 0.25) is 0 Å². The minimum absolute atomic E-state index is 0. The van der Waals surface area contributed by atoms with Crippen LogP contribution in [0.25, 0.3) is 0 Å². The van der Waals surface area contributed by atoms with Gasteiger partial charge in [-0.1, -0.05) is 18.6 Å². The van der Waals surface area contributed by atoms with E-state index in [1.54, 1.807) is 21.0 Å². The maximum absolute atomic E-state index is 3.81. The molecule has 0 aliphatic rings. The van der Waals surface area contributed by atoms with Gasteiger partial charge in [-0.15, -0.1) is 0 Å². The normalized spacial score (nSPS) is 7.00. The van der Waals surface area contributed by atoms with Gasteiger partial charge in [0.2, 0.25) is 0 Å². The van der Waals surface area contributed by atoms with Crippen molar-refractivity contribution in [1.29, 1.82) is 0 Å². The molecule has 0 bridgehead atoms. The van der Waals surface area contributed by atoms with Crippen molar-refractivity contribution < 1.29 is 65.4 Å². The van der Waals surface area contributed by atoms with E-state index in [9.17, 15) is 0 Å². The van der Waals surface area contributed by atoms with Gasteiger partial charge in [-0.05, 0) is 62.8 Å². The summed E-state index contributed by atoms with van der Waals surface area (Å²) in [5.41, 5.74) is 2.51. The first-order valence-corrected chi connectivity index (χ1v) is 7.42. The Bertz CT molecular complexity index is 238. The van der Waals surface area contributed by atoms with Crippen LogP contribution in [0.15, 0.2) is 27.7 Å². The Balaban J connectivity index is -0.0000000192. The Labute approximate surface area is 219 Å². The molecule has 0 atom stereocenters. The summed E-state index contributed by atoms with van der Waals surface area (Å²) in [6.45, 7) is 15.7. The molecule has 0 saturated heterocycles. The first kappa shape index (κ1) is 56.3. The van der Waals surface area contributed by atoms with Gasteiger partial charge < -0.3 is 37.0 Å². The third-order valence-corrected chi connectivity index (χ3v) is 1.54. The summed E-state index contributed by atoms with van der Waals surface area (Å²) in [6, 6.07) is 0. The molecule has 0 aliphatic heterocycles. The van der Waals surface area contributed by atoms with E-state index >= 15 is 0 Å². The maximum Gasteiger partial charge on any atom is 0.0276 e. The van der Waals surface area contributed by atoms with Crippen molar-refractivity contribution in [1.82, 2.24) is 4.90 Å². The van der Waals surface area contributed by atoms with E-state index in [2.05, 4.69) is 42.2 Å². The summed E-state index contributed by atoms with van der Waals surface area (Å²) >= 11 is 0. The van der Waals surface area contributed by atoms with E-state index in [0.29, 0.717) is 0 Å². The molecule has 0 saturated carbocycles. The Morgan fingerprint density at radius 1 is 0.846 bits per heavy atom. The molecule has 0 fully saturated rings. The Morgan fingerprint density at radius 2 is 1.00 bits per heavy atom. The number of hydrogen-bond acceptors (Lipinski definition) is 3. The maximum atomic E-state index is 3.81. The van der Waals surface area contributed by atoms with Gasteiger partial charge >= 0.3 is 0 Å². The average Bonchev–Trinajstić information content (AvgIpc) is 2.47. The summed E-state index contributed by atoms with van der Waals surface area (Å²) in [5, 5.41) is 0.